The molecule has 0 bridgehead atoms. The molecule has 0 saturated carbocycles. The van der Waals surface area contributed by atoms with Crippen molar-refractivity contribution in [3.8, 4) is 0 Å². The molecule has 0 heterocycles. The van der Waals surface area contributed by atoms with Gasteiger partial charge in [-0.05, 0) is 20.8 Å². The van der Waals surface area contributed by atoms with E-state index in [0.717, 1.165) is 13.1 Å². The lowest BCUT2D eigenvalue weighted by molar-refractivity contribution is -0.142. The zero-order valence-electron chi connectivity index (χ0n) is 12.1. The van der Waals surface area contributed by atoms with Crippen molar-refractivity contribution >= 4 is 5.97 Å². The number of nitrogens with zero attached hydrogens (tertiary/aromatic N) is 1. The van der Waals surface area contributed by atoms with Gasteiger partial charge in [-0.1, -0.05) is 0 Å². The number of carbonyl (C=O) groups is 1. The van der Waals surface area contributed by atoms with Gasteiger partial charge in [0.15, 0.2) is 0 Å². The number of ether oxygens (including phenoxy) is 3. The first-order valence-corrected chi connectivity index (χ1v) is 6.62. The predicted molar refractivity (Wildman–Crippen MR) is 70.7 cm³/mol. The molecule has 0 N–H and O–H groups in total. The molecule has 0 rings (SSSR count). The topological polar surface area (TPSA) is 48.0 Å². The Morgan fingerprint density at radius 3 is 2.00 bits per heavy atom. The summed E-state index contributed by atoms with van der Waals surface area (Å²) in [5.41, 5.74) is 0. The monoisotopic (exact) mass is 261 g/mol. The maximum absolute atomic E-state index is 11.3. The Bertz CT molecular complexity index is 201. The maximum atomic E-state index is 11.3. The van der Waals surface area contributed by atoms with Crippen LogP contribution >= 0.6 is 0 Å². The molecular weight excluding hydrogens is 234 g/mol. The summed E-state index contributed by atoms with van der Waals surface area (Å²) in [5.74, 6) is -0.180. The van der Waals surface area contributed by atoms with Crippen LogP contribution in [0.25, 0.3) is 0 Å². The average Bonchev–Trinajstić information content (AvgIpc) is 2.37. The van der Waals surface area contributed by atoms with Crippen LogP contribution in [0.2, 0.25) is 0 Å². The molecule has 18 heavy (non-hydrogen) atoms. The Kier molecular flexibility index (Phi) is 11.0. The highest BCUT2D eigenvalue weighted by Crippen LogP contribution is 2.05. The van der Waals surface area contributed by atoms with E-state index in [-0.39, 0.29) is 12.0 Å². The van der Waals surface area contributed by atoms with E-state index in [0.29, 0.717) is 32.8 Å². The summed E-state index contributed by atoms with van der Waals surface area (Å²) in [6.45, 7) is 10.4. The molecular formula is C13H27NO4. The van der Waals surface area contributed by atoms with E-state index in [4.69, 9.17) is 14.2 Å². The molecule has 0 radical (unpaired) electrons. The van der Waals surface area contributed by atoms with Crippen molar-refractivity contribution in [1.29, 1.82) is 0 Å². The molecule has 0 fully saturated rings. The lowest BCUT2D eigenvalue weighted by Gasteiger charge is -2.28. The van der Waals surface area contributed by atoms with Gasteiger partial charge in [0.05, 0.1) is 26.7 Å². The van der Waals surface area contributed by atoms with Crippen LogP contribution in [0.4, 0.5) is 0 Å². The first kappa shape index (κ1) is 17.4. The van der Waals surface area contributed by atoms with Crippen LogP contribution in [0.5, 0.6) is 0 Å². The predicted octanol–water partition coefficient (Wildman–Crippen LogP) is 1.31. The van der Waals surface area contributed by atoms with Crippen LogP contribution < -0.4 is 0 Å². The molecule has 0 saturated heterocycles. The van der Waals surface area contributed by atoms with Crippen molar-refractivity contribution in [3.63, 3.8) is 0 Å². The molecule has 1 unspecified atom stereocenters. The van der Waals surface area contributed by atoms with Crippen molar-refractivity contribution in [1.82, 2.24) is 4.90 Å². The second-order valence-corrected chi connectivity index (χ2v) is 4.06. The zero-order valence-corrected chi connectivity index (χ0v) is 12.1. The smallest absolute Gasteiger partial charge is 0.307 e. The minimum absolute atomic E-state index is 0.137. The molecule has 0 aromatic heterocycles. The van der Waals surface area contributed by atoms with Crippen LogP contribution in [-0.4, -0.2) is 63.5 Å². The van der Waals surface area contributed by atoms with Crippen LogP contribution in [-0.2, 0) is 19.0 Å². The molecule has 0 amide bonds. The van der Waals surface area contributed by atoms with Gasteiger partial charge < -0.3 is 14.2 Å². The Balaban J connectivity index is 4.10. The Labute approximate surface area is 110 Å². The average molecular weight is 261 g/mol. The van der Waals surface area contributed by atoms with E-state index >= 15 is 0 Å². The van der Waals surface area contributed by atoms with Gasteiger partial charge in [0.1, 0.15) is 0 Å². The van der Waals surface area contributed by atoms with E-state index in [1.165, 1.54) is 7.11 Å². The van der Waals surface area contributed by atoms with Crippen molar-refractivity contribution in [3.05, 3.63) is 0 Å². The zero-order chi connectivity index (χ0) is 13.8. The normalized spacial score (nSPS) is 12.7. The summed E-state index contributed by atoms with van der Waals surface area (Å²) in [7, 11) is 1.42. The summed E-state index contributed by atoms with van der Waals surface area (Å²) in [4.78, 5) is 13.5. The summed E-state index contributed by atoms with van der Waals surface area (Å²) in [5, 5.41) is 0. The van der Waals surface area contributed by atoms with E-state index in [9.17, 15) is 4.79 Å². The van der Waals surface area contributed by atoms with Gasteiger partial charge in [0.2, 0.25) is 0 Å². The number of carbonyl (C=O) groups excluding carboxylic acids is 1. The highest BCUT2D eigenvalue weighted by atomic mass is 16.5. The molecule has 1 atom stereocenters. The summed E-state index contributed by atoms with van der Waals surface area (Å²) >= 11 is 0. The Morgan fingerprint density at radius 1 is 1.11 bits per heavy atom. The first-order chi connectivity index (χ1) is 8.65. The summed E-state index contributed by atoms with van der Waals surface area (Å²) in [6, 6.07) is 0.137. The van der Waals surface area contributed by atoms with Gasteiger partial charge in [0.25, 0.3) is 0 Å². The molecule has 5 heteroatoms. The fourth-order valence-electron chi connectivity index (χ4n) is 1.66. The fraction of sp³-hybridized carbons (Fsp3) is 0.923. The van der Waals surface area contributed by atoms with Crippen LogP contribution in [0.1, 0.15) is 27.2 Å². The number of esters is 1. The van der Waals surface area contributed by atoms with E-state index < -0.39 is 0 Å². The van der Waals surface area contributed by atoms with E-state index in [1.54, 1.807) is 0 Å². The Morgan fingerprint density at radius 2 is 1.61 bits per heavy atom. The quantitative estimate of drug-likeness (QED) is 0.414. The van der Waals surface area contributed by atoms with Crippen molar-refractivity contribution < 1.29 is 19.0 Å². The van der Waals surface area contributed by atoms with Crippen molar-refractivity contribution in [2.75, 3.05) is 46.6 Å². The third-order valence-corrected chi connectivity index (χ3v) is 2.77. The second-order valence-electron chi connectivity index (χ2n) is 4.06. The lowest BCUT2D eigenvalue weighted by Crippen LogP contribution is -2.39. The highest BCUT2D eigenvalue weighted by Gasteiger charge is 2.17. The summed E-state index contributed by atoms with van der Waals surface area (Å²) in [6.07, 6.45) is 0.398. The van der Waals surface area contributed by atoms with Gasteiger partial charge in [-0.3, -0.25) is 9.69 Å². The standard InChI is InChI=1S/C13H27NO4/c1-5-17-9-7-14(8-10-18-6-2)12(3)11-13(15)16-4/h12H,5-11H2,1-4H3. The molecule has 5 nitrogen and oxygen atoms in total. The SMILES string of the molecule is CCOCCN(CCOCC)C(C)CC(=O)OC. The summed E-state index contributed by atoms with van der Waals surface area (Å²) < 4.78 is 15.4. The van der Waals surface area contributed by atoms with Gasteiger partial charge in [-0.2, -0.15) is 0 Å². The molecule has 0 aliphatic heterocycles. The van der Waals surface area contributed by atoms with Crippen molar-refractivity contribution in [2.24, 2.45) is 0 Å². The van der Waals surface area contributed by atoms with Crippen LogP contribution in [0.3, 0.4) is 0 Å². The molecule has 0 aromatic rings. The van der Waals surface area contributed by atoms with Crippen LogP contribution in [0, 0.1) is 0 Å². The lowest BCUT2D eigenvalue weighted by atomic mass is 10.2. The number of methoxy groups -OCH3 is 1. The number of hydrogen-bond donors (Lipinski definition) is 0. The van der Waals surface area contributed by atoms with Gasteiger partial charge in [0, 0.05) is 32.3 Å². The number of rotatable bonds is 11. The molecule has 108 valence electrons. The van der Waals surface area contributed by atoms with E-state index in [2.05, 4.69) is 4.90 Å². The molecule has 0 aliphatic carbocycles. The van der Waals surface area contributed by atoms with Crippen molar-refractivity contribution in [2.45, 2.75) is 33.2 Å². The fourth-order valence-corrected chi connectivity index (χ4v) is 1.66. The number of hydrogen-bond acceptors (Lipinski definition) is 5. The molecule has 0 aliphatic rings. The highest BCUT2D eigenvalue weighted by molar-refractivity contribution is 5.69. The van der Waals surface area contributed by atoms with Gasteiger partial charge in [-0.15, -0.1) is 0 Å². The largest absolute Gasteiger partial charge is 0.469 e. The van der Waals surface area contributed by atoms with Crippen LogP contribution in [0.15, 0.2) is 0 Å². The second kappa shape index (κ2) is 11.4. The first-order valence-electron chi connectivity index (χ1n) is 6.62. The maximum Gasteiger partial charge on any atom is 0.307 e. The Hall–Kier alpha value is -0.650. The van der Waals surface area contributed by atoms with Gasteiger partial charge in [-0.25, -0.2) is 0 Å². The minimum atomic E-state index is -0.180. The molecule has 0 spiro atoms. The minimum Gasteiger partial charge on any atom is -0.469 e. The third kappa shape index (κ3) is 8.44. The van der Waals surface area contributed by atoms with E-state index in [1.807, 2.05) is 20.8 Å². The molecule has 0 aromatic carbocycles. The van der Waals surface area contributed by atoms with Gasteiger partial charge >= 0.3 is 5.97 Å². The third-order valence-electron chi connectivity index (χ3n) is 2.77.